The largest absolute Gasteiger partial charge is 1.00 e. The van der Waals surface area contributed by atoms with Crippen LogP contribution >= 0.6 is 0 Å². The van der Waals surface area contributed by atoms with Gasteiger partial charge >= 0.3 is 10.4 Å². The number of halogens is 1. The molecule has 5 saturated heterocycles. The van der Waals surface area contributed by atoms with E-state index >= 15 is 0 Å². The second-order valence-electron chi connectivity index (χ2n) is 23.3. The number of nitrogens with one attached hydrogen (secondary N) is 1. The predicted octanol–water partition coefficient (Wildman–Crippen LogP) is 7.17. The molecule has 86 heavy (non-hydrogen) atoms. The summed E-state index contributed by atoms with van der Waals surface area (Å²) in [6.45, 7) is 31.9. The molecule has 4 aromatic carbocycles. The van der Waals surface area contributed by atoms with Crippen LogP contribution in [-0.2, 0) is 53.0 Å². The summed E-state index contributed by atoms with van der Waals surface area (Å²) in [4.78, 5) is 13.0. The minimum absolute atomic E-state index is 0. The third kappa shape index (κ3) is 26.0. The molecule has 18 nitrogen and oxygen atoms in total. The number of nitrogens with zero attached hydrogens (tertiary/aromatic N) is 3. The van der Waals surface area contributed by atoms with Gasteiger partial charge in [-0.1, -0.05) is 6.07 Å². The number of quaternary nitrogens is 2. The van der Waals surface area contributed by atoms with Gasteiger partial charge in [0, 0.05) is 68.4 Å². The van der Waals surface area contributed by atoms with Crippen LogP contribution in [0.25, 0.3) is 0 Å². The van der Waals surface area contributed by atoms with Crippen LogP contribution in [0.15, 0.2) is 48.5 Å². The number of aliphatic hydroxyl groups excluding tert-OH is 1. The van der Waals surface area contributed by atoms with Gasteiger partial charge in [-0.15, -0.1) is 0 Å². The zero-order valence-electron chi connectivity index (χ0n) is 53.8. The summed E-state index contributed by atoms with van der Waals surface area (Å²) in [6.07, 6.45) is 13.4. The average molecular weight is 1260 g/mol. The molecule has 0 saturated carbocycles. The number of carbonyl (C=O) groups is 1. The van der Waals surface area contributed by atoms with Gasteiger partial charge in [0.15, 0.2) is 0 Å². The summed E-state index contributed by atoms with van der Waals surface area (Å²) in [5.74, 6) is 3.70. The van der Waals surface area contributed by atoms with E-state index in [1.807, 2.05) is 19.9 Å². The summed E-state index contributed by atoms with van der Waals surface area (Å²) >= 11 is 0. The Kier molecular flexibility index (Phi) is 33.7. The Hall–Kier alpha value is -4.42. The number of ether oxygens (including phenoxy) is 4. The number of methoxy groups -OCH3 is 4. The Bertz CT molecular complexity index is 2890. The molecule has 0 spiro atoms. The quantitative estimate of drug-likeness (QED) is 0.0314. The number of hydrogen-bond donors (Lipinski definition) is 2. The van der Waals surface area contributed by atoms with E-state index in [0.717, 1.165) is 107 Å². The molecule has 486 valence electrons. The van der Waals surface area contributed by atoms with E-state index in [0.29, 0.717) is 25.0 Å². The number of benzene rings is 4. The van der Waals surface area contributed by atoms with Gasteiger partial charge in [0.1, 0.15) is 42.4 Å². The molecular weight excluding hydrogens is 1160 g/mol. The van der Waals surface area contributed by atoms with Crippen LogP contribution in [0, 0.1) is 55.4 Å². The minimum Gasteiger partial charge on any atom is -1.00 e. The van der Waals surface area contributed by atoms with Crippen molar-refractivity contribution >= 4 is 27.1 Å². The first-order valence-corrected chi connectivity index (χ1v) is 33.0. The zero-order chi connectivity index (χ0) is 62.6. The number of aldehydes is 1. The van der Waals surface area contributed by atoms with Gasteiger partial charge in [0.2, 0.25) is 10.4 Å². The van der Waals surface area contributed by atoms with Crippen molar-refractivity contribution in [2.45, 2.75) is 146 Å². The molecule has 0 unspecified atom stereocenters. The molecule has 0 bridgehead atoms. The van der Waals surface area contributed by atoms with Crippen molar-refractivity contribution in [3.63, 3.8) is 0 Å². The lowest BCUT2D eigenvalue weighted by Gasteiger charge is -2.34. The molecule has 2 N–H and O–H groups in total. The van der Waals surface area contributed by atoms with Crippen LogP contribution in [0.2, 0.25) is 0 Å². The van der Waals surface area contributed by atoms with E-state index in [-0.39, 0.29) is 32.2 Å². The number of rotatable bonds is 19. The zero-order valence-corrected chi connectivity index (χ0v) is 56.2. The Morgan fingerprint density at radius 2 is 0.977 bits per heavy atom. The number of hydrogen-bond acceptors (Lipinski definition) is 16. The molecule has 0 aliphatic carbocycles. The molecule has 0 amide bonds. The van der Waals surface area contributed by atoms with Gasteiger partial charge in [-0.2, -0.15) is 8.42 Å². The predicted molar refractivity (Wildman–Crippen MR) is 335 cm³/mol. The van der Waals surface area contributed by atoms with E-state index in [2.05, 4.69) is 101 Å². The third-order valence-electron chi connectivity index (χ3n) is 16.9. The van der Waals surface area contributed by atoms with E-state index in [9.17, 15) is 26.2 Å². The monoisotopic (exact) mass is 1260 g/mol. The van der Waals surface area contributed by atoms with Crippen molar-refractivity contribution in [1.29, 1.82) is 0 Å². The maximum Gasteiger partial charge on any atom is 0.399 e. The smallest absolute Gasteiger partial charge is 0.399 e. The summed E-state index contributed by atoms with van der Waals surface area (Å²) < 4.78 is 88.3. The molecule has 0 radical (unpaired) electrons. The number of aliphatic hydroxyl groups is 1. The number of likely N-dealkylation sites (tertiary alicyclic amines) is 3. The van der Waals surface area contributed by atoms with Gasteiger partial charge in [-0.25, -0.2) is 16.8 Å². The highest BCUT2D eigenvalue weighted by Gasteiger charge is 2.33. The Morgan fingerprint density at radius 1 is 0.581 bits per heavy atom. The standard InChI is InChI=1S/C17H27NO5S.C17H28NO2.C14H21NO.C10H12O2.C4H9N.C3H6O4S.ClH/c1-14-11-16(12-17(22-3)15(14)2)13-18(7-4-5-8-18)9-6-10-23-24(19,20)21;1-14-11-16(12-17(20-3)15(14)2)13-18(9-6-10-19)7-4-5-8-18;1-11-8-13(9-14(16-3)12(11)2)10-15-6-4-5-7-15;1-7-4-9(6-11)5-10(12-3)8(7)2;1-2-4-5-3-1;4-8(5)6-2-1-3-7-8;/h11-12H,4-10,13H2,1-3H3;11-12,19H,4-10,13H2,1-3H3;8-9H,4-7,10H2,1-3H3;4-6H,1-3H3;5H,1-4H2;1-3H2;1H/q;+1;;;;;/p-1. The Morgan fingerprint density at radius 3 is 1.34 bits per heavy atom. The van der Waals surface area contributed by atoms with E-state index < -0.39 is 20.8 Å². The van der Waals surface area contributed by atoms with Gasteiger partial charge in [-0.05, 0) is 206 Å². The first-order valence-electron chi connectivity index (χ1n) is 30.4. The lowest BCUT2D eigenvalue weighted by molar-refractivity contribution is -0.930. The molecule has 4 aromatic rings. The van der Waals surface area contributed by atoms with Crippen molar-refractivity contribution in [2.75, 3.05) is 120 Å². The summed E-state index contributed by atoms with van der Waals surface area (Å²) in [5, 5.41) is 12.4. The second-order valence-corrected chi connectivity index (χ2v) is 25.6. The van der Waals surface area contributed by atoms with Crippen molar-refractivity contribution in [1.82, 2.24) is 10.2 Å². The highest BCUT2D eigenvalue weighted by molar-refractivity contribution is 7.81. The maximum atomic E-state index is 10.5. The molecule has 5 aliphatic heterocycles. The highest BCUT2D eigenvalue weighted by Crippen LogP contribution is 2.31. The molecule has 5 fully saturated rings. The van der Waals surface area contributed by atoms with E-state index in [1.165, 1.54) is 135 Å². The fourth-order valence-corrected chi connectivity index (χ4v) is 12.7. The lowest BCUT2D eigenvalue weighted by atomic mass is 10.0. The van der Waals surface area contributed by atoms with Crippen molar-refractivity contribution in [3.05, 3.63) is 115 Å². The molecule has 0 aromatic heterocycles. The van der Waals surface area contributed by atoms with Crippen molar-refractivity contribution in [3.8, 4) is 23.0 Å². The van der Waals surface area contributed by atoms with Crippen LogP contribution in [0.1, 0.15) is 142 Å². The normalized spacial score (nSPS) is 17.2. The van der Waals surface area contributed by atoms with E-state index in [4.69, 9.17) is 24.1 Å². The van der Waals surface area contributed by atoms with Crippen LogP contribution in [-0.4, -0.2) is 167 Å². The topological polar surface area (TPSA) is 209 Å². The van der Waals surface area contributed by atoms with Crippen LogP contribution < -0.4 is 36.7 Å². The molecule has 0 atom stereocenters. The van der Waals surface area contributed by atoms with Gasteiger partial charge in [0.05, 0.1) is 87.5 Å². The van der Waals surface area contributed by atoms with Gasteiger partial charge in [0.25, 0.3) is 0 Å². The molecule has 5 heterocycles. The molecular formula is C65H103ClN4O14S2. The number of carbonyl (C=O) groups excluding carboxylic acids is 1. The van der Waals surface area contributed by atoms with Crippen LogP contribution in [0.3, 0.4) is 0 Å². The third-order valence-corrected chi connectivity index (χ3v) is 18.2. The summed E-state index contributed by atoms with van der Waals surface area (Å²) in [7, 11) is -1.38. The molecule has 21 heteroatoms. The van der Waals surface area contributed by atoms with Gasteiger partial charge < -0.3 is 55.3 Å². The summed E-state index contributed by atoms with van der Waals surface area (Å²) in [5.41, 5.74) is 14.3. The van der Waals surface area contributed by atoms with Gasteiger partial charge in [-0.3, -0.25) is 13.9 Å². The SMILES string of the molecule is C1CCNC1.COc1cc(C=O)cc(C)c1C.COc1cc(CN2CCCC2)cc(C)c1C.COc1cc(C[N+]2(CCCO)CCCC2)cc(C)c1C.COc1cc(C[N+]2(CCCOS(=O)(=O)[O-])CCCC2)cc(C)c1C.O=S1(=O)OCCCO1.[Cl-]. The molecule has 9 rings (SSSR count). The first kappa shape index (κ1) is 75.8. The fourth-order valence-electron chi connectivity index (χ4n) is 11.7. The first-order chi connectivity index (χ1) is 40.4. The van der Waals surface area contributed by atoms with Crippen LogP contribution in [0.5, 0.6) is 23.0 Å². The lowest BCUT2D eigenvalue weighted by Crippen LogP contribution is -3.00. The minimum atomic E-state index is -4.59. The second kappa shape index (κ2) is 38.2. The Labute approximate surface area is 523 Å². The fraction of sp³-hybridized carbons (Fsp3) is 0.615. The average Bonchev–Trinajstić information content (AvgIpc) is 2.40. The Balaban J connectivity index is 0.000000284. The van der Waals surface area contributed by atoms with E-state index in [1.54, 1.807) is 34.5 Å². The van der Waals surface area contributed by atoms with Crippen molar-refractivity contribution < 1.29 is 84.2 Å². The number of aryl methyl sites for hydroxylation is 4. The molecule has 5 aliphatic rings. The highest BCUT2D eigenvalue weighted by atomic mass is 35.5. The maximum absolute atomic E-state index is 10.5. The van der Waals surface area contributed by atoms with Crippen LogP contribution in [0.4, 0.5) is 0 Å². The summed E-state index contributed by atoms with van der Waals surface area (Å²) in [6, 6.07) is 16.9. The van der Waals surface area contributed by atoms with Crippen molar-refractivity contribution in [2.24, 2.45) is 0 Å².